The molecule has 2 aromatic carbocycles. The lowest BCUT2D eigenvalue weighted by Gasteiger charge is -2.35. The number of carbonyl (C=O) groups is 2. The van der Waals surface area contributed by atoms with Gasteiger partial charge in [0.15, 0.2) is 5.11 Å². The number of esters is 1. The van der Waals surface area contributed by atoms with Crippen LogP contribution < -0.4 is 15.4 Å². The van der Waals surface area contributed by atoms with Crippen LogP contribution in [-0.2, 0) is 14.3 Å². The Kier molecular flexibility index (Phi) is 8.02. The summed E-state index contributed by atoms with van der Waals surface area (Å²) in [6.07, 6.45) is 0. The number of nitrogens with one attached hydrogen (secondary N) is 2. The van der Waals surface area contributed by atoms with Crippen LogP contribution >= 0.6 is 12.2 Å². The topological polar surface area (TPSA) is 89.1 Å². The highest BCUT2D eigenvalue weighted by Gasteiger charge is 2.33. The van der Waals surface area contributed by atoms with Crippen molar-refractivity contribution in [1.29, 1.82) is 0 Å². The highest BCUT2D eigenvalue weighted by molar-refractivity contribution is 7.80. The fourth-order valence-electron chi connectivity index (χ4n) is 3.35. The average Bonchev–Trinajstić information content (AvgIpc) is 2.83. The predicted molar refractivity (Wildman–Crippen MR) is 129 cm³/mol. The number of allylic oxidation sites excluding steroid dienone is 1. The van der Waals surface area contributed by atoms with Crippen LogP contribution in [0.4, 0.5) is 5.69 Å². The summed E-state index contributed by atoms with van der Waals surface area (Å²) in [5, 5.41) is 6.57. The van der Waals surface area contributed by atoms with Crippen molar-refractivity contribution in [1.82, 2.24) is 10.2 Å². The standard InChI is InChI=1S/C24H27N3O5S/c1-15-20(23(29)32-14-13-30-3)21(26-24(33)27(15)2)16-5-9-18(10-6-16)25-22(28)17-7-11-19(31-4)12-8-17/h5-12,21H,13-14H2,1-4H3,(H,25,28)(H,26,33). The zero-order chi connectivity index (χ0) is 24.0. The first-order chi connectivity index (χ1) is 15.8. The number of benzene rings is 2. The van der Waals surface area contributed by atoms with Gasteiger partial charge in [0.25, 0.3) is 5.91 Å². The number of ether oxygens (including phenoxy) is 3. The van der Waals surface area contributed by atoms with Crippen LogP contribution in [0, 0.1) is 0 Å². The van der Waals surface area contributed by atoms with E-state index in [9.17, 15) is 9.59 Å². The lowest BCUT2D eigenvalue weighted by molar-refractivity contribution is -0.140. The van der Waals surface area contributed by atoms with E-state index in [-0.39, 0.29) is 12.5 Å². The highest BCUT2D eigenvalue weighted by Crippen LogP contribution is 2.31. The first-order valence-corrected chi connectivity index (χ1v) is 10.7. The van der Waals surface area contributed by atoms with Gasteiger partial charge in [-0.1, -0.05) is 12.1 Å². The zero-order valence-electron chi connectivity index (χ0n) is 19.0. The zero-order valence-corrected chi connectivity index (χ0v) is 19.8. The van der Waals surface area contributed by atoms with Crippen LogP contribution in [0.2, 0.25) is 0 Å². The molecule has 9 heteroatoms. The van der Waals surface area contributed by atoms with Gasteiger partial charge in [-0.25, -0.2) is 4.79 Å². The van der Waals surface area contributed by atoms with Gasteiger partial charge in [0.1, 0.15) is 12.4 Å². The van der Waals surface area contributed by atoms with E-state index in [2.05, 4.69) is 10.6 Å². The number of hydrogen-bond acceptors (Lipinski definition) is 6. The van der Waals surface area contributed by atoms with Crippen molar-refractivity contribution in [2.45, 2.75) is 13.0 Å². The molecule has 3 rings (SSSR count). The van der Waals surface area contributed by atoms with Crippen LogP contribution in [0.5, 0.6) is 5.75 Å². The molecule has 2 N–H and O–H groups in total. The number of nitrogens with zero attached hydrogens (tertiary/aromatic N) is 1. The van der Waals surface area contributed by atoms with E-state index in [0.717, 1.165) is 5.56 Å². The summed E-state index contributed by atoms with van der Waals surface area (Å²) in [5.41, 5.74) is 3.13. The smallest absolute Gasteiger partial charge is 0.338 e. The summed E-state index contributed by atoms with van der Waals surface area (Å²) in [7, 11) is 4.91. The average molecular weight is 470 g/mol. The van der Waals surface area contributed by atoms with Gasteiger partial charge < -0.3 is 29.7 Å². The second-order valence-corrected chi connectivity index (χ2v) is 7.76. The van der Waals surface area contributed by atoms with Gasteiger partial charge >= 0.3 is 5.97 Å². The SMILES string of the molecule is COCCOC(=O)C1=C(C)N(C)C(=S)NC1c1ccc(NC(=O)c2ccc(OC)cc2)cc1. The van der Waals surface area contributed by atoms with E-state index in [1.54, 1.807) is 62.6 Å². The molecule has 0 bridgehead atoms. The maximum atomic E-state index is 12.8. The lowest BCUT2D eigenvalue weighted by Crippen LogP contribution is -2.46. The molecular weight excluding hydrogens is 442 g/mol. The first-order valence-electron chi connectivity index (χ1n) is 10.3. The second kappa shape index (κ2) is 10.9. The summed E-state index contributed by atoms with van der Waals surface area (Å²) in [4.78, 5) is 27.1. The van der Waals surface area contributed by atoms with Gasteiger partial charge in [0.2, 0.25) is 0 Å². The monoisotopic (exact) mass is 469 g/mol. The van der Waals surface area contributed by atoms with Gasteiger partial charge in [-0.15, -0.1) is 0 Å². The second-order valence-electron chi connectivity index (χ2n) is 7.37. The molecule has 1 amide bonds. The van der Waals surface area contributed by atoms with Gasteiger partial charge in [-0.2, -0.15) is 0 Å². The summed E-state index contributed by atoms with van der Waals surface area (Å²) >= 11 is 5.43. The largest absolute Gasteiger partial charge is 0.497 e. The van der Waals surface area contributed by atoms with E-state index in [4.69, 9.17) is 26.4 Å². The van der Waals surface area contributed by atoms with Crippen LogP contribution in [0.25, 0.3) is 0 Å². The van der Waals surface area contributed by atoms with Crippen molar-refractivity contribution in [3.05, 3.63) is 70.9 Å². The molecule has 1 heterocycles. The maximum absolute atomic E-state index is 12.8. The Bertz CT molecular complexity index is 1050. The lowest BCUT2D eigenvalue weighted by atomic mass is 9.95. The molecule has 8 nitrogen and oxygen atoms in total. The Morgan fingerprint density at radius 1 is 1.06 bits per heavy atom. The van der Waals surface area contributed by atoms with Crippen molar-refractivity contribution < 1.29 is 23.8 Å². The van der Waals surface area contributed by atoms with Crippen molar-refractivity contribution >= 4 is 34.9 Å². The van der Waals surface area contributed by atoms with E-state index >= 15 is 0 Å². The van der Waals surface area contributed by atoms with Crippen LogP contribution in [0.15, 0.2) is 59.8 Å². The number of thiocarbonyl (C=S) groups is 1. The molecule has 1 atom stereocenters. The molecule has 0 spiro atoms. The Morgan fingerprint density at radius 2 is 1.73 bits per heavy atom. The molecule has 0 radical (unpaired) electrons. The van der Waals surface area contributed by atoms with Gasteiger partial charge in [-0.3, -0.25) is 4.79 Å². The fourth-order valence-corrected chi connectivity index (χ4v) is 3.60. The first kappa shape index (κ1) is 24.2. The third kappa shape index (κ3) is 5.68. The molecule has 1 aliphatic heterocycles. The quantitative estimate of drug-likeness (QED) is 0.346. The Hall–Kier alpha value is -3.43. The van der Waals surface area contributed by atoms with Crippen molar-refractivity contribution in [3.63, 3.8) is 0 Å². The molecule has 33 heavy (non-hydrogen) atoms. The molecule has 0 saturated carbocycles. The third-order valence-corrected chi connectivity index (χ3v) is 5.74. The summed E-state index contributed by atoms with van der Waals surface area (Å²) < 4.78 is 15.5. The molecule has 2 aromatic rings. The van der Waals surface area contributed by atoms with Gasteiger partial charge in [-0.05, 0) is 61.1 Å². The van der Waals surface area contributed by atoms with Gasteiger partial charge in [0, 0.05) is 31.1 Å². The number of anilines is 1. The van der Waals surface area contributed by atoms with Crippen molar-refractivity contribution in [3.8, 4) is 5.75 Å². The minimum atomic E-state index is -0.477. The number of methoxy groups -OCH3 is 2. The molecule has 174 valence electrons. The highest BCUT2D eigenvalue weighted by atomic mass is 32.1. The van der Waals surface area contributed by atoms with Crippen molar-refractivity contribution in [2.75, 3.05) is 39.8 Å². The molecule has 0 fully saturated rings. The normalized spacial score (nSPS) is 15.7. The Labute approximate surface area is 198 Å². The maximum Gasteiger partial charge on any atom is 0.338 e. The molecular formula is C24H27N3O5S. The Balaban J connectivity index is 1.78. The van der Waals surface area contributed by atoms with Crippen LogP contribution in [0.3, 0.4) is 0 Å². The van der Waals surface area contributed by atoms with Crippen molar-refractivity contribution in [2.24, 2.45) is 0 Å². The number of hydrogen-bond donors (Lipinski definition) is 2. The molecule has 0 aliphatic carbocycles. The molecule has 1 aliphatic rings. The van der Waals surface area contributed by atoms with E-state index in [1.165, 1.54) is 0 Å². The van der Waals surface area contributed by atoms with E-state index in [0.29, 0.717) is 40.0 Å². The van der Waals surface area contributed by atoms with E-state index < -0.39 is 12.0 Å². The number of carbonyl (C=O) groups excluding carboxylic acids is 2. The molecule has 1 unspecified atom stereocenters. The van der Waals surface area contributed by atoms with Crippen LogP contribution in [-0.4, -0.2) is 56.4 Å². The summed E-state index contributed by atoms with van der Waals surface area (Å²) in [6.45, 7) is 2.30. The summed E-state index contributed by atoms with van der Waals surface area (Å²) in [5.74, 6) is 0.00905. The van der Waals surface area contributed by atoms with Crippen LogP contribution in [0.1, 0.15) is 28.9 Å². The fraction of sp³-hybridized carbons (Fsp3) is 0.292. The number of rotatable bonds is 8. The summed E-state index contributed by atoms with van der Waals surface area (Å²) in [6, 6.07) is 13.6. The van der Waals surface area contributed by atoms with Gasteiger partial charge in [0.05, 0.1) is 25.3 Å². The predicted octanol–water partition coefficient (Wildman–Crippen LogP) is 3.27. The van der Waals surface area contributed by atoms with E-state index in [1.807, 2.05) is 19.1 Å². The minimum Gasteiger partial charge on any atom is -0.497 e. The molecule has 0 aromatic heterocycles. The molecule has 0 saturated heterocycles. The number of amides is 1. The minimum absolute atomic E-state index is 0.156. The third-order valence-electron chi connectivity index (χ3n) is 5.35. The Morgan fingerprint density at radius 3 is 2.33 bits per heavy atom.